The maximum atomic E-state index is 12.9. The molecule has 2 aliphatic heterocycles. The maximum Gasteiger partial charge on any atom is 0.257 e. The van der Waals surface area contributed by atoms with Gasteiger partial charge in [0.05, 0.1) is 11.7 Å². The van der Waals surface area contributed by atoms with Crippen molar-refractivity contribution in [3.63, 3.8) is 0 Å². The van der Waals surface area contributed by atoms with Gasteiger partial charge in [-0.2, -0.15) is 0 Å². The van der Waals surface area contributed by atoms with E-state index in [1.165, 1.54) is 5.56 Å². The fraction of sp³-hybridized carbons (Fsp3) is 0.500. The molecule has 3 heterocycles. The predicted molar refractivity (Wildman–Crippen MR) is 113 cm³/mol. The molecule has 1 atom stereocenters. The van der Waals surface area contributed by atoms with Crippen molar-refractivity contribution in [3.8, 4) is 0 Å². The number of hydrogen-bond donors (Lipinski definition) is 0. The summed E-state index contributed by atoms with van der Waals surface area (Å²) in [6, 6.07) is 10.4. The Morgan fingerprint density at radius 3 is 2.69 bits per heavy atom. The first-order valence-corrected chi connectivity index (χ1v) is 11.5. The number of fused-ring (bicyclic) bond motifs is 2. The Labute approximate surface area is 174 Å². The van der Waals surface area contributed by atoms with Crippen molar-refractivity contribution >= 4 is 17.7 Å². The number of rotatable bonds is 4. The van der Waals surface area contributed by atoms with Crippen molar-refractivity contribution in [3.05, 3.63) is 57.5 Å². The third-order valence-electron chi connectivity index (χ3n) is 6.26. The van der Waals surface area contributed by atoms with Crippen LogP contribution in [0.15, 0.2) is 40.3 Å². The van der Waals surface area contributed by atoms with E-state index in [0.717, 1.165) is 74.2 Å². The third kappa shape index (κ3) is 3.73. The van der Waals surface area contributed by atoms with Gasteiger partial charge in [0.1, 0.15) is 0 Å². The number of carbonyl (C=O) groups excluding carboxylic acids is 1. The SMILES string of the molecule is O=C(C[C@H]1CSc2nc3c(c(=O)n21)CCC3)N1CCN(Cc2ccccc2)CC1. The minimum Gasteiger partial charge on any atom is -0.340 e. The molecule has 0 radical (unpaired) electrons. The zero-order chi connectivity index (χ0) is 19.8. The molecule has 1 aromatic heterocycles. The highest BCUT2D eigenvalue weighted by Gasteiger charge is 2.32. The van der Waals surface area contributed by atoms with Crippen molar-refractivity contribution in [1.82, 2.24) is 19.4 Å². The summed E-state index contributed by atoms with van der Waals surface area (Å²) in [6.07, 6.45) is 3.16. The lowest BCUT2D eigenvalue weighted by atomic mass is 10.1. The Hall–Kier alpha value is -2.12. The molecule has 1 aliphatic carbocycles. The molecule has 3 aliphatic rings. The highest BCUT2D eigenvalue weighted by atomic mass is 32.2. The third-order valence-corrected chi connectivity index (χ3v) is 7.35. The summed E-state index contributed by atoms with van der Waals surface area (Å²) in [5, 5.41) is 0.807. The van der Waals surface area contributed by atoms with Crippen molar-refractivity contribution in [2.24, 2.45) is 0 Å². The first kappa shape index (κ1) is 18.9. The number of thioether (sulfide) groups is 1. The lowest BCUT2D eigenvalue weighted by molar-refractivity contribution is -0.133. The average molecular weight is 411 g/mol. The fourth-order valence-electron chi connectivity index (χ4n) is 4.63. The summed E-state index contributed by atoms with van der Waals surface area (Å²) in [6.45, 7) is 4.24. The molecule has 29 heavy (non-hydrogen) atoms. The first-order chi connectivity index (χ1) is 14.2. The number of carbonyl (C=O) groups is 1. The Morgan fingerprint density at radius 1 is 1.10 bits per heavy atom. The fourth-order valence-corrected chi connectivity index (χ4v) is 5.78. The van der Waals surface area contributed by atoms with E-state index < -0.39 is 0 Å². The molecule has 0 spiro atoms. The maximum absolute atomic E-state index is 12.9. The minimum absolute atomic E-state index is 0.0595. The van der Waals surface area contributed by atoms with Gasteiger partial charge >= 0.3 is 0 Å². The van der Waals surface area contributed by atoms with Crippen LogP contribution in [0.5, 0.6) is 0 Å². The predicted octanol–water partition coefficient (Wildman–Crippen LogP) is 2.11. The first-order valence-electron chi connectivity index (χ1n) is 10.5. The van der Waals surface area contributed by atoms with Crippen LogP contribution in [0.3, 0.4) is 0 Å². The highest BCUT2D eigenvalue weighted by molar-refractivity contribution is 7.99. The smallest absolute Gasteiger partial charge is 0.257 e. The van der Waals surface area contributed by atoms with Gasteiger partial charge in [-0.1, -0.05) is 42.1 Å². The monoisotopic (exact) mass is 410 g/mol. The standard InChI is InChI=1S/C22H26N4O2S/c27-20(25-11-9-24(10-12-25)14-16-5-2-1-3-6-16)13-17-15-29-22-23-19-8-4-7-18(19)21(28)26(17)22/h1-3,5-6,17H,4,7-15H2/t17-/m0/s1. The second-order valence-corrected chi connectivity index (χ2v) is 9.15. The Bertz CT molecular complexity index is 967. The summed E-state index contributed by atoms with van der Waals surface area (Å²) in [5.41, 5.74) is 3.27. The molecule has 7 heteroatoms. The zero-order valence-electron chi connectivity index (χ0n) is 16.5. The molecule has 1 amide bonds. The van der Waals surface area contributed by atoms with Crippen LogP contribution in [0.25, 0.3) is 0 Å². The summed E-state index contributed by atoms with van der Waals surface area (Å²) < 4.78 is 1.80. The number of aryl methyl sites for hydroxylation is 1. The molecule has 6 nitrogen and oxygen atoms in total. The van der Waals surface area contributed by atoms with Crippen molar-refractivity contribution in [1.29, 1.82) is 0 Å². The van der Waals surface area contributed by atoms with Crippen molar-refractivity contribution < 1.29 is 4.79 Å². The number of aromatic nitrogens is 2. The molecule has 0 unspecified atom stereocenters. The highest BCUT2D eigenvalue weighted by Crippen LogP contribution is 2.34. The lowest BCUT2D eigenvalue weighted by Crippen LogP contribution is -2.48. The quantitative estimate of drug-likeness (QED) is 0.723. The van der Waals surface area contributed by atoms with E-state index in [1.807, 2.05) is 11.0 Å². The van der Waals surface area contributed by atoms with Gasteiger partial charge in [0.25, 0.3) is 5.56 Å². The van der Waals surface area contributed by atoms with E-state index in [2.05, 4.69) is 29.2 Å². The average Bonchev–Trinajstić information content (AvgIpc) is 3.37. The zero-order valence-corrected chi connectivity index (χ0v) is 17.4. The number of piperazine rings is 1. The Morgan fingerprint density at radius 2 is 1.90 bits per heavy atom. The van der Waals surface area contributed by atoms with Gasteiger partial charge in [0.2, 0.25) is 5.91 Å². The van der Waals surface area contributed by atoms with Gasteiger partial charge in [0.15, 0.2) is 5.16 Å². The Balaban J connectivity index is 1.20. The molecule has 1 saturated heterocycles. The largest absolute Gasteiger partial charge is 0.340 e. The molecule has 0 saturated carbocycles. The van der Waals surface area contributed by atoms with Gasteiger partial charge in [0, 0.05) is 50.5 Å². The molecule has 0 bridgehead atoms. The number of amides is 1. The molecular weight excluding hydrogens is 384 g/mol. The second kappa shape index (κ2) is 7.95. The van der Waals surface area contributed by atoms with Crippen LogP contribution >= 0.6 is 11.8 Å². The number of hydrogen-bond acceptors (Lipinski definition) is 5. The van der Waals surface area contributed by atoms with Crippen LogP contribution in [0.1, 0.15) is 35.7 Å². The molecule has 5 rings (SSSR count). The lowest BCUT2D eigenvalue weighted by Gasteiger charge is -2.35. The summed E-state index contributed by atoms with van der Waals surface area (Å²) in [7, 11) is 0. The molecule has 2 aromatic rings. The van der Waals surface area contributed by atoms with E-state index in [4.69, 9.17) is 4.98 Å². The molecular formula is C22H26N4O2S. The van der Waals surface area contributed by atoms with Crippen LogP contribution in [-0.2, 0) is 24.2 Å². The van der Waals surface area contributed by atoms with E-state index in [-0.39, 0.29) is 17.5 Å². The molecule has 1 aromatic carbocycles. The Kier molecular flexibility index (Phi) is 5.18. The molecule has 152 valence electrons. The van der Waals surface area contributed by atoms with Gasteiger partial charge < -0.3 is 4.90 Å². The second-order valence-electron chi connectivity index (χ2n) is 8.16. The van der Waals surface area contributed by atoms with Gasteiger partial charge in [-0.05, 0) is 24.8 Å². The van der Waals surface area contributed by atoms with Crippen LogP contribution in [0.2, 0.25) is 0 Å². The van der Waals surface area contributed by atoms with E-state index in [1.54, 1.807) is 16.3 Å². The van der Waals surface area contributed by atoms with E-state index in [9.17, 15) is 9.59 Å². The van der Waals surface area contributed by atoms with Crippen molar-refractivity contribution in [2.45, 2.75) is 43.4 Å². The topological polar surface area (TPSA) is 58.4 Å². The van der Waals surface area contributed by atoms with Crippen LogP contribution in [0.4, 0.5) is 0 Å². The minimum atomic E-state index is -0.0595. The molecule has 0 N–H and O–H groups in total. The van der Waals surface area contributed by atoms with Gasteiger partial charge in [-0.3, -0.25) is 19.1 Å². The summed E-state index contributed by atoms with van der Waals surface area (Å²) in [4.78, 5) is 34.9. The van der Waals surface area contributed by atoms with Crippen LogP contribution < -0.4 is 5.56 Å². The van der Waals surface area contributed by atoms with Gasteiger partial charge in [-0.25, -0.2) is 4.98 Å². The van der Waals surface area contributed by atoms with Crippen LogP contribution in [-0.4, -0.2) is 57.2 Å². The van der Waals surface area contributed by atoms with Crippen LogP contribution in [0, 0.1) is 0 Å². The van der Waals surface area contributed by atoms with Gasteiger partial charge in [-0.15, -0.1) is 0 Å². The molecule has 1 fully saturated rings. The normalized spacial score (nSPS) is 21.2. The van der Waals surface area contributed by atoms with Crippen molar-refractivity contribution in [2.75, 3.05) is 31.9 Å². The number of benzene rings is 1. The summed E-state index contributed by atoms with van der Waals surface area (Å²) in [5.74, 6) is 0.931. The van der Waals surface area contributed by atoms with E-state index >= 15 is 0 Å². The summed E-state index contributed by atoms with van der Waals surface area (Å²) >= 11 is 1.62. The number of nitrogens with zero attached hydrogens (tertiary/aromatic N) is 4. The van der Waals surface area contributed by atoms with E-state index in [0.29, 0.717) is 6.42 Å².